The third-order valence-corrected chi connectivity index (χ3v) is 5.96. The second-order valence-corrected chi connectivity index (χ2v) is 8.49. The van der Waals surface area contributed by atoms with Gasteiger partial charge in [0.05, 0.1) is 33.6 Å². The van der Waals surface area contributed by atoms with E-state index >= 15 is 0 Å². The summed E-state index contributed by atoms with van der Waals surface area (Å²) in [5.74, 6) is 1.73. The van der Waals surface area contributed by atoms with E-state index in [1.54, 1.807) is 38.6 Å². The van der Waals surface area contributed by atoms with Crippen molar-refractivity contribution in [2.75, 3.05) is 52.9 Å². The van der Waals surface area contributed by atoms with Crippen molar-refractivity contribution >= 4 is 17.6 Å². The van der Waals surface area contributed by atoms with Crippen LogP contribution in [0.2, 0.25) is 0 Å². The highest BCUT2D eigenvalue weighted by Gasteiger charge is 2.23. The molecule has 0 saturated heterocycles. The molecule has 0 saturated carbocycles. The van der Waals surface area contributed by atoms with Crippen LogP contribution >= 0.6 is 0 Å². The predicted molar refractivity (Wildman–Crippen MR) is 141 cm³/mol. The van der Waals surface area contributed by atoms with Gasteiger partial charge in [0, 0.05) is 25.9 Å². The number of carbonyl (C=O) groups is 2. The summed E-state index contributed by atoms with van der Waals surface area (Å²) in [6.45, 7) is 3.10. The van der Waals surface area contributed by atoms with Crippen LogP contribution in [-0.4, -0.2) is 69.3 Å². The zero-order valence-corrected chi connectivity index (χ0v) is 21.9. The molecule has 3 rings (SSSR count). The first kappa shape index (κ1) is 27.6. The molecule has 3 aromatic rings. The van der Waals surface area contributed by atoms with Crippen LogP contribution in [0, 0.1) is 6.92 Å². The summed E-state index contributed by atoms with van der Waals surface area (Å²) < 4.78 is 21.4. The number of amides is 3. The SMILES string of the molecule is COCCN(CC(=O)N(CCc1ccc(OC)c(OC)c1)Cc1ccco1)C(=O)Nc1ccccc1C. The van der Waals surface area contributed by atoms with Gasteiger partial charge in [0.2, 0.25) is 5.91 Å². The number of benzene rings is 2. The van der Waals surface area contributed by atoms with Crippen LogP contribution in [0.25, 0.3) is 0 Å². The van der Waals surface area contributed by atoms with Gasteiger partial charge in [0.15, 0.2) is 11.5 Å². The van der Waals surface area contributed by atoms with Gasteiger partial charge in [-0.05, 0) is 54.8 Å². The number of aryl methyl sites for hydroxylation is 1. The lowest BCUT2D eigenvalue weighted by molar-refractivity contribution is -0.132. The zero-order chi connectivity index (χ0) is 26.6. The highest BCUT2D eigenvalue weighted by molar-refractivity contribution is 5.93. The summed E-state index contributed by atoms with van der Waals surface area (Å²) in [6.07, 6.45) is 2.16. The van der Waals surface area contributed by atoms with Crippen molar-refractivity contribution in [3.8, 4) is 11.5 Å². The maximum Gasteiger partial charge on any atom is 0.322 e. The number of nitrogens with zero attached hydrogens (tertiary/aromatic N) is 2. The van der Waals surface area contributed by atoms with Crippen molar-refractivity contribution < 1.29 is 28.2 Å². The Hall–Kier alpha value is -3.98. The number of para-hydroxylation sites is 1. The van der Waals surface area contributed by atoms with Crippen molar-refractivity contribution in [3.05, 3.63) is 77.7 Å². The number of hydrogen-bond acceptors (Lipinski definition) is 6. The maximum atomic E-state index is 13.5. The smallest absolute Gasteiger partial charge is 0.322 e. The minimum absolute atomic E-state index is 0.103. The molecule has 0 unspecified atom stereocenters. The Bertz CT molecular complexity index is 1150. The number of furan rings is 1. The van der Waals surface area contributed by atoms with E-state index in [1.807, 2.05) is 55.5 Å². The Morgan fingerprint density at radius 3 is 2.38 bits per heavy atom. The first-order valence-electron chi connectivity index (χ1n) is 12.1. The third kappa shape index (κ3) is 8.01. The standard InChI is InChI=1S/C28H35N3O6/c1-21-8-5-6-10-24(21)29-28(33)31(15-17-34-2)20-27(32)30(19-23-9-7-16-37-23)14-13-22-11-12-25(35-3)26(18-22)36-4/h5-12,16,18H,13-15,17,19-20H2,1-4H3,(H,29,33). The first-order valence-corrected chi connectivity index (χ1v) is 12.1. The van der Waals surface area contributed by atoms with Crippen LogP contribution in [-0.2, 0) is 22.5 Å². The molecule has 1 aromatic heterocycles. The van der Waals surface area contributed by atoms with Gasteiger partial charge in [-0.2, -0.15) is 0 Å². The number of carbonyl (C=O) groups excluding carboxylic acids is 2. The molecule has 37 heavy (non-hydrogen) atoms. The minimum Gasteiger partial charge on any atom is -0.493 e. The van der Waals surface area contributed by atoms with Crippen molar-refractivity contribution in [1.29, 1.82) is 0 Å². The number of methoxy groups -OCH3 is 3. The van der Waals surface area contributed by atoms with Gasteiger partial charge in [0.25, 0.3) is 0 Å². The normalized spacial score (nSPS) is 10.6. The highest BCUT2D eigenvalue weighted by atomic mass is 16.5. The molecule has 1 N–H and O–H groups in total. The van der Waals surface area contributed by atoms with E-state index in [2.05, 4.69) is 5.32 Å². The summed E-state index contributed by atoms with van der Waals surface area (Å²) in [6, 6.07) is 16.4. The van der Waals surface area contributed by atoms with E-state index in [4.69, 9.17) is 18.6 Å². The van der Waals surface area contributed by atoms with Crippen LogP contribution in [0.4, 0.5) is 10.5 Å². The number of anilines is 1. The van der Waals surface area contributed by atoms with Crippen LogP contribution < -0.4 is 14.8 Å². The van der Waals surface area contributed by atoms with Crippen LogP contribution in [0.15, 0.2) is 65.3 Å². The second kappa shape index (κ2) is 13.9. The molecule has 3 amide bonds. The fraction of sp³-hybridized carbons (Fsp3) is 0.357. The fourth-order valence-electron chi connectivity index (χ4n) is 3.81. The van der Waals surface area contributed by atoms with Gasteiger partial charge in [0.1, 0.15) is 12.3 Å². The van der Waals surface area contributed by atoms with Gasteiger partial charge in [-0.25, -0.2) is 4.79 Å². The van der Waals surface area contributed by atoms with Gasteiger partial charge < -0.3 is 33.7 Å². The largest absolute Gasteiger partial charge is 0.493 e. The topological polar surface area (TPSA) is 93.5 Å². The van der Waals surface area contributed by atoms with E-state index in [-0.39, 0.29) is 31.6 Å². The average molecular weight is 510 g/mol. The van der Waals surface area contributed by atoms with Gasteiger partial charge in [-0.3, -0.25) is 4.79 Å². The Morgan fingerprint density at radius 1 is 0.919 bits per heavy atom. The number of hydrogen-bond donors (Lipinski definition) is 1. The lowest BCUT2D eigenvalue weighted by atomic mass is 10.1. The van der Waals surface area contributed by atoms with Crippen LogP contribution in [0.5, 0.6) is 11.5 Å². The molecule has 0 aliphatic carbocycles. The van der Waals surface area contributed by atoms with Crippen LogP contribution in [0.3, 0.4) is 0 Å². The highest BCUT2D eigenvalue weighted by Crippen LogP contribution is 2.27. The van der Waals surface area contributed by atoms with Crippen molar-refractivity contribution in [3.63, 3.8) is 0 Å². The molecule has 0 atom stereocenters. The summed E-state index contributed by atoms with van der Waals surface area (Å²) >= 11 is 0. The number of ether oxygens (including phenoxy) is 3. The lowest BCUT2D eigenvalue weighted by Crippen LogP contribution is -2.46. The Kier molecular flexibility index (Phi) is 10.4. The summed E-state index contributed by atoms with van der Waals surface area (Å²) in [5, 5.41) is 2.91. The molecule has 0 aliphatic rings. The Labute approximate surface area is 217 Å². The molecule has 9 nitrogen and oxygen atoms in total. The molecule has 0 radical (unpaired) electrons. The number of urea groups is 1. The first-order chi connectivity index (χ1) is 17.9. The Morgan fingerprint density at radius 2 is 1.70 bits per heavy atom. The van der Waals surface area contributed by atoms with Crippen molar-refractivity contribution in [2.45, 2.75) is 19.9 Å². The van der Waals surface area contributed by atoms with Crippen molar-refractivity contribution in [1.82, 2.24) is 9.80 Å². The average Bonchev–Trinajstić information content (AvgIpc) is 3.43. The monoisotopic (exact) mass is 509 g/mol. The summed E-state index contributed by atoms with van der Waals surface area (Å²) in [5.41, 5.74) is 2.62. The van der Waals surface area contributed by atoms with Gasteiger partial charge in [-0.15, -0.1) is 0 Å². The molecule has 1 heterocycles. The molecule has 0 spiro atoms. The second-order valence-electron chi connectivity index (χ2n) is 8.49. The molecule has 0 fully saturated rings. The maximum absolute atomic E-state index is 13.5. The molecule has 198 valence electrons. The predicted octanol–water partition coefficient (Wildman–Crippen LogP) is 4.36. The molecule has 9 heteroatoms. The van der Waals surface area contributed by atoms with E-state index in [1.165, 1.54) is 4.90 Å². The molecule has 0 aliphatic heterocycles. The van der Waals surface area contributed by atoms with Gasteiger partial charge in [-0.1, -0.05) is 24.3 Å². The third-order valence-electron chi connectivity index (χ3n) is 5.96. The molecule has 2 aromatic carbocycles. The molecular formula is C28H35N3O6. The van der Waals surface area contributed by atoms with E-state index in [0.29, 0.717) is 42.5 Å². The quantitative estimate of drug-likeness (QED) is 0.368. The minimum atomic E-state index is -0.363. The Balaban J connectivity index is 1.74. The number of nitrogens with one attached hydrogen (secondary N) is 1. The van der Waals surface area contributed by atoms with Crippen molar-refractivity contribution in [2.24, 2.45) is 0 Å². The van der Waals surface area contributed by atoms with E-state index in [0.717, 1.165) is 11.1 Å². The fourth-order valence-corrected chi connectivity index (χ4v) is 3.81. The molecular weight excluding hydrogens is 474 g/mol. The van der Waals surface area contributed by atoms with Gasteiger partial charge >= 0.3 is 6.03 Å². The zero-order valence-electron chi connectivity index (χ0n) is 21.9. The van der Waals surface area contributed by atoms with Crippen LogP contribution in [0.1, 0.15) is 16.9 Å². The number of rotatable bonds is 13. The summed E-state index contributed by atoms with van der Waals surface area (Å²) in [4.78, 5) is 29.7. The van der Waals surface area contributed by atoms with E-state index < -0.39 is 0 Å². The molecule has 0 bridgehead atoms. The van der Waals surface area contributed by atoms with E-state index in [9.17, 15) is 9.59 Å². The lowest BCUT2D eigenvalue weighted by Gasteiger charge is -2.27. The summed E-state index contributed by atoms with van der Waals surface area (Å²) in [7, 11) is 4.74.